The van der Waals surface area contributed by atoms with Crippen LogP contribution in [-0.4, -0.2) is 61.5 Å². The first-order valence-electron chi connectivity index (χ1n) is 13.2. The zero-order valence-corrected chi connectivity index (χ0v) is 24.7. The van der Waals surface area contributed by atoms with E-state index in [-0.39, 0.29) is 24.2 Å². The van der Waals surface area contributed by atoms with Crippen molar-refractivity contribution >= 4 is 27.7 Å². The van der Waals surface area contributed by atoms with Crippen molar-refractivity contribution in [1.82, 2.24) is 4.31 Å². The number of benzene rings is 2. The van der Waals surface area contributed by atoms with Gasteiger partial charge in [0.25, 0.3) is 0 Å². The van der Waals surface area contributed by atoms with Gasteiger partial charge in [0.2, 0.25) is 0 Å². The summed E-state index contributed by atoms with van der Waals surface area (Å²) in [6.07, 6.45) is 0.563. The Labute approximate surface area is 230 Å². The van der Waals surface area contributed by atoms with Crippen LogP contribution < -0.4 is 13.8 Å². The Kier molecular flexibility index (Phi) is 6.21. The summed E-state index contributed by atoms with van der Waals surface area (Å²) in [5.74, 6) is 1.45. The molecule has 0 bridgehead atoms. The first-order valence-corrected chi connectivity index (χ1v) is 14.6. The van der Waals surface area contributed by atoms with Crippen LogP contribution in [0.4, 0.5) is 10.5 Å². The Morgan fingerprint density at radius 1 is 1.08 bits per heavy atom. The first kappa shape index (κ1) is 27.3. The summed E-state index contributed by atoms with van der Waals surface area (Å²) < 4.78 is 46.2. The average molecular weight is 556 g/mol. The van der Waals surface area contributed by atoms with Crippen LogP contribution in [0.3, 0.4) is 0 Å². The smallest absolute Gasteiger partial charge is 0.425 e. The van der Waals surface area contributed by atoms with Crippen molar-refractivity contribution in [3.8, 4) is 11.5 Å². The second kappa shape index (κ2) is 8.87. The molecule has 3 aliphatic rings. The third kappa shape index (κ3) is 4.95. The quantitative estimate of drug-likeness (QED) is 0.535. The number of carbonyl (C=O) groups excluding carboxylic acids is 1. The monoisotopic (exact) mass is 555 g/mol. The lowest BCUT2D eigenvalue weighted by Crippen LogP contribution is -2.40. The van der Waals surface area contributed by atoms with Crippen LogP contribution in [0.15, 0.2) is 35.3 Å². The lowest BCUT2D eigenvalue weighted by atomic mass is 9.81. The highest BCUT2D eigenvalue weighted by molar-refractivity contribution is 7.91. The zero-order chi connectivity index (χ0) is 28.5. The van der Waals surface area contributed by atoms with Crippen LogP contribution in [0, 0.1) is 0 Å². The molecule has 0 saturated carbocycles. The van der Waals surface area contributed by atoms with Gasteiger partial charge < -0.3 is 14.2 Å². The lowest BCUT2D eigenvalue weighted by molar-refractivity contribution is 0.0405. The fraction of sp³-hybridized carbons (Fsp3) is 0.517. The van der Waals surface area contributed by atoms with Crippen LogP contribution in [0.25, 0.3) is 0 Å². The number of aliphatic imine (C=N–C) groups is 1. The molecule has 3 heterocycles. The molecule has 210 valence electrons. The van der Waals surface area contributed by atoms with E-state index in [1.807, 2.05) is 24.3 Å². The van der Waals surface area contributed by atoms with Crippen molar-refractivity contribution in [2.75, 3.05) is 24.5 Å². The fourth-order valence-electron chi connectivity index (χ4n) is 5.53. The van der Waals surface area contributed by atoms with E-state index in [1.165, 1.54) is 4.31 Å². The molecule has 9 nitrogen and oxygen atoms in total. The minimum Gasteiger partial charge on any atom is -0.493 e. The molecule has 0 aliphatic carbocycles. The number of hydrogen-bond donors (Lipinski definition) is 0. The average Bonchev–Trinajstić information content (AvgIpc) is 3.30. The number of ether oxygens (including phenoxy) is 3. The molecule has 1 fully saturated rings. The van der Waals surface area contributed by atoms with Gasteiger partial charge >= 0.3 is 16.3 Å². The Morgan fingerprint density at radius 2 is 1.79 bits per heavy atom. The molecule has 39 heavy (non-hydrogen) atoms. The normalized spacial score (nSPS) is 20.6. The minimum atomic E-state index is -4.10. The molecule has 0 unspecified atom stereocenters. The van der Waals surface area contributed by atoms with Gasteiger partial charge in [-0.1, -0.05) is 12.1 Å². The standard InChI is InChI=1S/C29H37N3O6S/c1-27(2,3)38-26(33)32-13-12-31(39(32,34)35)20-11-9-10-18(14-20)24-23-19(16-28(4,5)30-24)15-22(36-8)25-21(23)17-29(6,7)37-25/h9-11,14-15H,12-13,16-17H2,1-8H3. The molecule has 1 saturated heterocycles. The molecule has 3 aliphatic heterocycles. The Bertz CT molecular complexity index is 1490. The van der Waals surface area contributed by atoms with Gasteiger partial charge in [-0.05, 0) is 78.6 Å². The number of rotatable bonds is 3. The molecule has 0 N–H and O–H groups in total. The molecule has 0 spiro atoms. The second-order valence-corrected chi connectivity index (χ2v) is 14.4. The van der Waals surface area contributed by atoms with Crippen molar-refractivity contribution in [3.63, 3.8) is 0 Å². The number of hydrogen-bond acceptors (Lipinski definition) is 7. The maximum absolute atomic E-state index is 13.4. The Hall–Kier alpha value is -3.27. The molecule has 0 aromatic heterocycles. The van der Waals surface area contributed by atoms with Crippen LogP contribution in [-0.2, 0) is 27.8 Å². The zero-order valence-electron chi connectivity index (χ0n) is 23.9. The number of fused-ring (bicyclic) bond motifs is 3. The number of methoxy groups -OCH3 is 1. The van der Waals surface area contributed by atoms with E-state index in [2.05, 4.69) is 27.7 Å². The number of nitrogens with zero attached hydrogens (tertiary/aromatic N) is 3. The van der Waals surface area contributed by atoms with Gasteiger partial charge in [-0.15, -0.1) is 0 Å². The van der Waals surface area contributed by atoms with Crippen molar-refractivity contribution in [2.24, 2.45) is 4.99 Å². The van der Waals surface area contributed by atoms with Gasteiger partial charge in [0.05, 0.1) is 37.1 Å². The van der Waals surface area contributed by atoms with E-state index in [9.17, 15) is 13.2 Å². The molecule has 5 rings (SSSR count). The Balaban J connectivity index is 1.57. The van der Waals surface area contributed by atoms with Crippen molar-refractivity contribution in [1.29, 1.82) is 0 Å². The molecular weight excluding hydrogens is 518 g/mol. The van der Waals surface area contributed by atoms with Gasteiger partial charge in [-0.25, -0.2) is 4.79 Å². The number of carbonyl (C=O) groups is 1. The van der Waals surface area contributed by atoms with Crippen LogP contribution >= 0.6 is 0 Å². The van der Waals surface area contributed by atoms with Crippen molar-refractivity contribution in [2.45, 2.75) is 78.0 Å². The molecule has 0 atom stereocenters. The first-order chi connectivity index (χ1) is 18.0. The van der Waals surface area contributed by atoms with Gasteiger partial charge in [-0.3, -0.25) is 9.30 Å². The summed E-state index contributed by atoms with van der Waals surface area (Å²) in [4.78, 5) is 17.8. The molecule has 1 amide bonds. The highest BCUT2D eigenvalue weighted by atomic mass is 32.2. The highest BCUT2D eigenvalue weighted by Crippen LogP contribution is 2.48. The fourth-order valence-corrected chi connectivity index (χ4v) is 7.00. The third-order valence-electron chi connectivity index (χ3n) is 6.97. The highest BCUT2D eigenvalue weighted by Gasteiger charge is 2.43. The largest absolute Gasteiger partial charge is 0.493 e. The third-order valence-corrected chi connectivity index (χ3v) is 8.81. The lowest BCUT2D eigenvalue weighted by Gasteiger charge is -2.31. The molecular formula is C29H37N3O6S. The molecule has 2 aromatic rings. The summed E-state index contributed by atoms with van der Waals surface area (Å²) in [6, 6.07) is 9.38. The van der Waals surface area contributed by atoms with Gasteiger partial charge in [0.15, 0.2) is 11.5 Å². The van der Waals surface area contributed by atoms with Gasteiger partial charge in [-0.2, -0.15) is 12.7 Å². The minimum absolute atomic E-state index is 0.0119. The molecule has 10 heteroatoms. The Morgan fingerprint density at radius 3 is 2.46 bits per heavy atom. The molecule has 0 radical (unpaired) electrons. The molecule has 2 aromatic carbocycles. The predicted molar refractivity (Wildman–Crippen MR) is 150 cm³/mol. The van der Waals surface area contributed by atoms with E-state index in [0.29, 0.717) is 17.9 Å². The predicted octanol–water partition coefficient (Wildman–Crippen LogP) is 4.88. The van der Waals surface area contributed by atoms with E-state index >= 15 is 0 Å². The number of amides is 1. The maximum Gasteiger partial charge on any atom is 0.425 e. The van der Waals surface area contributed by atoms with Gasteiger partial charge in [0, 0.05) is 23.1 Å². The van der Waals surface area contributed by atoms with Crippen LogP contribution in [0.5, 0.6) is 11.5 Å². The second-order valence-electron chi connectivity index (χ2n) is 12.6. The topological polar surface area (TPSA) is 97.7 Å². The summed E-state index contributed by atoms with van der Waals surface area (Å²) in [5.41, 5.74) is 3.68. The summed E-state index contributed by atoms with van der Waals surface area (Å²) >= 11 is 0. The van der Waals surface area contributed by atoms with E-state index in [0.717, 1.165) is 44.4 Å². The maximum atomic E-state index is 13.4. The summed E-state index contributed by atoms with van der Waals surface area (Å²) in [7, 11) is -2.45. The SMILES string of the molecule is COc1cc2c(c3c1OC(C)(C)C3)C(c1cccc(N3CCN(C(=O)OC(C)(C)C)S3(=O)=O)c1)=NC(C)(C)C2. The van der Waals surface area contributed by atoms with Crippen LogP contribution in [0.1, 0.15) is 70.7 Å². The number of anilines is 1. The van der Waals surface area contributed by atoms with Crippen LogP contribution in [0.2, 0.25) is 0 Å². The van der Waals surface area contributed by atoms with Crippen molar-refractivity contribution in [3.05, 3.63) is 52.6 Å². The van der Waals surface area contributed by atoms with Gasteiger partial charge in [0.1, 0.15) is 11.2 Å². The summed E-state index contributed by atoms with van der Waals surface area (Å²) in [5, 5.41) is 0. The van der Waals surface area contributed by atoms with E-state index in [1.54, 1.807) is 33.9 Å². The van der Waals surface area contributed by atoms with E-state index in [4.69, 9.17) is 19.2 Å². The van der Waals surface area contributed by atoms with E-state index < -0.39 is 21.9 Å². The van der Waals surface area contributed by atoms with Crippen molar-refractivity contribution < 1.29 is 27.4 Å². The summed E-state index contributed by atoms with van der Waals surface area (Å²) in [6.45, 7) is 13.5.